The lowest BCUT2D eigenvalue weighted by Gasteiger charge is -2.07. The van der Waals surface area contributed by atoms with E-state index in [-0.39, 0.29) is 29.2 Å². The molecule has 1 atom stereocenters. The summed E-state index contributed by atoms with van der Waals surface area (Å²) in [4.78, 5) is 24.5. The summed E-state index contributed by atoms with van der Waals surface area (Å²) < 4.78 is 5.62. The summed E-state index contributed by atoms with van der Waals surface area (Å²) in [6.45, 7) is 1.56. The minimum Gasteiger partial charge on any atom is -0.508 e. The molecule has 1 aliphatic rings. The molecule has 28 heavy (non-hydrogen) atoms. The van der Waals surface area contributed by atoms with Gasteiger partial charge >= 0.3 is 0 Å². The Balaban J connectivity index is 1.61. The molecular weight excluding hydrogens is 356 g/mol. The number of carbonyl (C=O) groups excluding carboxylic acids is 2. The lowest BCUT2D eigenvalue weighted by atomic mass is 9.99. The van der Waals surface area contributed by atoms with E-state index >= 15 is 0 Å². The normalized spacial score (nSPS) is 15.0. The molecule has 0 aromatic heterocycles. The zero-order valence-electron chi connectivity index (χ0n) is 15.5. The lowest BCUT2D eigenvalue weighted by Crippen LogP contribution is -2.17. The molecule has 2 aromatic rings. The van der Waals surface area contributed by atoms with Gasteiger partial charge in [-0.1, -0.05) is 30.4 Å². The van der Waals surface area contributed by atoms with Crippen LogP contribution in [0.15, 0.2) is 54.6 Å². The molecule has 0 radical (unpaired) electrons. The number of benzene rings is 2. The molecule has 1 aliphatic carbocycles. The average Bonchev–Trinajstić information content (AvgIpc) is 3.51. The minimum atomic E-state index is -0.802. The third-order valence-electron chi connectivity index (χ3n) is 4.43. The van der Waals surface area contributed by atoms with E-state index < -0.39 is 5.92 Å². The predicted molar refractivity (Wildman–Crippen MR) is 107 cm³/mol. The van der Waals surface area contributed by atoms with Gasteiger partial charge in [0.25, 0.3) is 0 Å². The Labute approximate surface area is 163 Å². The molecule has 2 aromatic carbocycles. The topological polar surface area (TPSA) is 83.8 Å². The summed E-state index contributed by atoms with van der Waals surface area (Å²) in [6, 6.07) is 11.3. The van der Waals surface area contributed by atoms with Crippen molar-refractivity contribution in [3.05, 3.63) is 65.7 Å². The van der Waals surface area contributed by atoms with Crippen molar-refractivity contribution < 1.29 is 24.5 Å². The molecule has 5 heteroatoms. The Morgan fingerprint density at radius 3 is 2.14 bits per heavy atom. The summed E-state index contributed by atoms with van der Waals surface area (Å²) in [6.07, 6.45) is 8.07. The maximum Gasteiger partial charge on any atom is 0.166 e. The van der Waals surface area contributed by atoms with E-state index in [4.69, 9.17) is 4.74 Å². The third-order valence-corrected chi connectivity index (χ3v) is 4.43. The highest BCUT2D eigenvalue weighted by atomic mass is 16.5. The number of ether oxygens (including phenoxy) is 1. The van der Waals surface area contributed by atoms with Gasteiger partial charge in [-0.25, -0.2) is 0 Å². The number of hydrogen-bond acceptors (Lipinski definition) is 5. The van der Waals surface area contributed by atoms with Crippen LogP contribution in [0, 0.1) is 5.92 Å². The van der Waals surface area contributed by atoms with Crippen molar-refractivity contribution >= 4 is 23.7 Å². The maximum absolute atomic E-state index is 12.3. The molecule has 1 fully saturated rings. The van der Waals surface area contributed by atoms with Gasteiger partial charge in [0, 0.05) is 0 Å². The fraction of sp³-hybridized carbons (Fsp3) is 0.217. The molecule has 0 aliphatic heterocycles. The van der Waals surface area contributed by atoms with Gasteiger partial charge in [-0.3, -0.25) is 9.59 Å². The summed E-state index contributed by atoms with van der Waals surface area (Å²) in [5.74, 6) is -0.790. The van der Waals surface area contributed by atoms with Crippen molar-refractivity contribution in [2.75, 3.05) is 0 Å². The molecule has 0 saturated heterocycles. The zero-order valence-corrected chi connectivity index (χ0v) is 15.5. The Kier molecular flexibility index (Phi) is 5.94. The highest BCUT2D eigenvalue weighted by molar-refractivity contribution is 6.13. The van der Waals surface area contributed by atoms with Crippen molar-refractivity contribution in [2.45, 2.75) is 25.9 Å². The molecule has 1 saturated carbocycles. The fourth-order valence-electron chi connectivity index (χ4n) is 2.47. The number of aromatic hydroxyl groups is 2. The first-order valence-electron chi connectivity index (χ1n) is 9.15. The van der Waals surface area contributed by atoms with Crippen molar-refractivity contribution in [1.29, 1.82) is 0 Å². The second-order valence-corrected chi connectivity index (χ2v) is 6.83. The van der Waals surface area contributed by atoms with Crippen molar-refractivity contribution in [3.8, 4) is 17.2 Å². The molecule has 5 nitrogen and oxygen atoms in total. The highest BCUT2D eigenvalue weighted by Gasteiger charge is 2.24. The minimum absolute atomic E-state index is 0.0679. The number of ketones is 2. The molecule has 3 rings (SSSR count). The van der Waals surface area contributed by atoms with E-state index in [1.807, 2.05) is 0 Å². The van der Waals surface area contributed by atoms with E-state index in [0.29, 0.717) is 11.3 Å². The molecule has 0 bridgehead atoms. The van der Waals surface area contributed by atoms with E-state index in [0.717, 1.165) is 18.4 Å². The van der Waals surface area contributed by atoms with E-state index in [9.17, 15) is 19.8 Å². The second kappa shape index (κ2) is 8.57. The Morgan fingerprint density at radius 2 is 1.54 bits per heavy atom. The largest absolute Gasteiger partial charge is 0.508 e. The SMILES string of the molecule is CC(C(=O)/C=C/c1ccc(O)cc1)C(=O)/C=C/c1ccc(O)c(OC2CC2)c1. The maximum atomic E-state index is 12.3. The summed E-state index contributed by atoms with van der Waals surface area (Å²) in [7, 11) is 0. The number of phenols is 2. The van der Waals surface area contributed by atoms with Crippen LogP contribution in [0.3, 0.4) is 0 Å². The first-order chi connectivity index (χ1) is 13.4. The van der Waals surface area contributed by atoms with Crippen LogP contribution in [0.5, 0.6) is 17.2 Å². The third kappa shape index (κ3) is 5.33. The van der Waals surface area contributed by atoms with Gasteiger partial charge in [0.2, 0.25) is 0 Å². The number of hydrogen-bond donors (Lipinski definition) is 2. The van der Waals surface area contributed by atoms with Gasteiger partial charge in [-0.2, -0.15) is 0 Å². The van der Waals surface area contributed by atoms with E-state index in [1.165, 1.54) is 30.4 Å². The number of phenolic OH excluding ortho intramolecular Hbond substituents is 2. The second-order valence-electron chi connectivity index (χ2n) is 6.83. The van der Waals surface area contributed by atoms with Gasteiger partial charge in [-0.15, -0.1) is 0 Å². The first kappa shape index (κ1) is 19.4. The lowest BCUT2D eigenvalue weighted by molar-refractivity contribution is -0.126. The van der Waals surface area contributed by atoms with E-state index in [1.54, 1.807) is 43.3 Å². The van der Waals surface area contributed by atoms with Gasteiger partial charge in [0.05, 0.1) is 12.0 Å². The molecule has 0 amide bonds. The number of rotatable bonds is 8. The average molecular weight is 378 g/mol. The molecule has 144 valence electrons. The Morgan fingerprint density at radius 1 is 0.964 bits per heavy atom. The van der Waals surface area contributed by atoms with Crippen LogP contribution in [-0.2, 0) is 9.59 Å². The van der Waals surface area contributed by atoms with Gasteiger partial charge in [-0.05, 0) is 67.3 Å². The van der Waals surface area contributed by atoms with Crippen molar-refractivity contribution in [1.82, 2.24) is 0 Å². The molecular formula is C23H22O5. The first-order valence-corrected chi connectivity index (χ1v) is 9.15. The Hall–Kier alpha value is -3.34. The fourth-order valence-corrected chi connectivity index (χ4v) is 2.47. The van der Waals surface area contributed by atoms with Crippen molar-refractivity contribution in [3.63, 3.8) is 0 Å². The number of carbonyl (C=O) groups is 2. The predicted octanol–water partition coefficient (Wildman–Crippen LogP) is 4.14. The molecule has 0 spiro atoms. The van der Waals surface area contributed by atoms with Crippen LogP contribution in [0.4, 0.5) is 0 Å². The zero-order chi connectivity index (χ0) is 20.1. The monoisotopic (exact) mass is 378 g/mol. The van der Waals surface area contributed by atoms with E-state index in [2.05, 4.69) is 0 Å². The van der Waals surface area contributed by atoms with Crippen LogP contribution in [0.2, 0.25) is 0 Å². The Bertz CT molecular complexity index is 921. The van der Waals surface area contributed by atoms with Crippen LogP contribution in [-0.4, -0.2) is 27.9 Å². The van der Waals surface area contributed by atoms with Gasteiger partial charge in [0.15, 0.2) is 23.1 Å². The van der Waals surface area contributed by atoms with Crippen LogP contribution in [0.25, 0.3) is 12.2 Å². The smallest absolute Gasteiger partial charge is 0.166 e. The van der Waals surface area contributed by atoms with Gasteiger partial charge in [0.1, 0.15) is 5.75 Å². The molecule has 0 heterocycles. The standard InChI is InChI=1S/C23H22O5/c1-15(20(25)11-4-16-2-7-18(24)8-3-16)21(26)12-5-17-6-13-22(27)23(14-17)28-19-9-10-19/h2-8,11-15,19,24,27H,9-10H2,1H3/b11-4+,12-5+. The molecule has 2 N–H and O–H groups in total. The molecule has 1 unspecified atom stereocenters. The van der Waals surface area contributed by atoms with Gasteiger partial charge < -0.3 is 14.9 Å². The summed E-state index contributed by atoms with van der Waals surface area (Å²) in [5.41, 5.74) is 1.47. The van der Waals surface area contributed by atoms with Crippen molar-refractivity contribution in [2.24, 2.45) is 5.92 Å². The quantitative estimate of drug-likeness (QED) is 0.533. The van der Waals surface area contributed by atoms with Crippen LogP contribution in [0.1, 0.15) is 30.9 Å². The summed E-state index contributed by atoms with van der Waals surface area (Å²) in [5, 5.41) is 19.1. The number of allylic oxidation sites excluding steroid dienone is 2. The van der Waals surface area contributed by atoms with Crippen LogP contribution >= 0.6 is 0 Å². The highest BCUT2D eigenvalue weighted by Crippen LogP contribution is 2.33. The van der Waals surface area contributed by atoms with Crippen LogP contribution < -0.4 is 4.74 Å². The summed E-state index contributed by atoms with van der Waals surface area (Å²) >= 11 is 0.